The first-order valence-corrected chi connectivity index (χ1v) is 6.86. The van der Waals surface area contributed by atoms with Crippen molar-refractivity contribution >= 4 is 6.03 Å². The lowest BCUT2D eigenvalue weighted by atomic mass is 10.2. The van der Waals surface area contributed by atoms with Crippen LogP contribution >= 0.6 is 0 Å². The highest BCUT2D eigenvalue weighted by molar-refractivity contribution is 5.75. The number of hydrogen-bond acceptors (Lipinski definition) is 1. The molecule has 0 bridgehead atoms. The molecule has 0 aromatic heterocycles. The maximum atomic E-state index is 12.0. The van der Waals surface area contributed by atoms with Gasteiger partial charge in [0.15, 0.2) is 0 Å². The number of nitrogens with one attached hydrogen (secondary N) is 1. The Bertz CT molecular complexity index is 234. The summed E-state index contributed by atoms with van der Waals surface area (Å²) in [4.78, 5) is 14.0. The van der Waals surface area contributed by atoms with Crippen molar-refractivity contribution in [2.45, 2.75) is 57.9 Å². The Kier molecular flexibility index (Phi) is 4.08. The van der Waals surface area contributed by atoms with Crippen LogP contribution in [0.5, 0.6) is 0 Å². The van der Waals surface area contributed by atoms with Crippen molar-refractivity contribution in [1.82, 2.24) is 10.2 Å². The topological polar surface area (TPSA) is 32.3 Å². The number of hydrogen-bond donors (Lipinski definition) is 1. The largest absolute Gasteiger partial charge is 0.335 e. The smallest absolute Gasteiger partial charge is 0.317 e. The van der Waals surface area contributed by atoms with E-state index >= 15 is 0 Å². The highest BCUT2D eigenvalue weighted by Gasteiger charge is 2.37. The van der Waals surface area contributed by atoms with Crippen LogP contribution in [-0.4, -0.2) is 30.1 Å². The second-order valence-corrected chi connectivity index (χ2v) is 5.24. The van der Waals surface area contributed by atoms with Crippen LogP contribution < -0.4 is 5.32 Å². The number of carbonyl (C=O) groups is 1. The minimum Gasteiger partial charge on any atom is -0.335 e. The lowest BCUT2D eigenvalue weighted by molar-refractivity contribution is 0.198. The van der Waals surface area contributed by atoms with E-state index in [4.69, 9.17) is 0 Å². The quantitative estimate of drug-likeness (QED) is 0.785. The van der Waals surface area contributed by atoms with Crippen LogP contribution in [0.4, 0.5) is 4.79 Å². The van der Waals surface area contributed by atoms with Crippen molar-refractivity contribution in [1.29, 1.82) is 0 Å². The van der Waals surface area contributed by atoms with Gasteiger partial charge in [0.2, 0.25) is 0 Å². The van der Waals surface area contributed by atoms with E-state index in [0.717, 1.165) is 19.0 Å². The molecule has 1 aliphatic carbocycles. The molecule has 1 saturated heterocycles. The van der Waals surface area contributed by atoms with Gasteiger partial charge in [-0.15, -0.1) is 0 Å². The summed E-state index contributed by atoms with van der Waals surface area (Å²) in [7, 11) is 0. The van der Waals surface area contributed by atoms with Crippen LogP contribution in [0.2, 0.25) is 0 Å². The Morgan fingerprint density at radius 3 is 2.56 bits per heavy atom. The Hall–Kier alpha value is -0.730. The molecule has 2 unspecified atom stereocenters. The predicted molar refractivity (Wildman–Crippen MR) is 65.4 cm³/mol. The van der Waals surface area contributed by atoms with Crippen molar-refractivity contribution in [2.24, 2.45) is 5.92 Å². The molecule has 2 rings (SSSR count). The van der Waals surface area contributed by atoms with Gasteiger partial charge >= 0.3 is 6.03 Å². The first kappa shape index (κ1) is 11.7. The van der Waals surface area contributed by atoms with Crippen LogP contribution in [0.15, 0.2) is 0 Å². The second kappa shape index (κ2) is 5.55. The fourth-order valence-corrected chi connectivity index (χ4v) is 2.64. The van der Waals surface area contributed by atoms with Gasteiger partial charge in [-0.25, -0.2) is 4.79 Å². The van der Waals surface area contributed by atoms with Gasteiger partial charge in [-0.3, -0.25) is 0 Å². The Morgan fingerprint density at radius 2 is 1.94 bits per heavy atom. The van der Waals surface area contributed by atoms with Crippen LogP contribution in [0.1, 0.15) is 51.9 Å². The Balaban J connectivity index is 1.71. The summed E-state index contributed by atoms with van der Waals surface area (Å²) in [5.41, 5.74) is 0. The van der Waals surface area contributed by atoms with Gasteiger partial charge in [-0.2, -0.15) is 0 Å². The molecular weight excluding hydrogens is 200 g/mol. The first-order valence-electron chi connectivity index (χ1n) is 6.86. The maximum absolute atomic E-state index is 12.0. The molecule has 16 heavy (non-hydrogen) atoms. The van der Waals surface area contributed by atoms with Crippen molar-refractivity contribution in [3.05, 3.63) is 0 Å². The zero-order valence-corrected chi connectivity index (χ0v) is 10.4. The molecule has 3 heteroatoms. The third-order valence-electron chi connectivity index (χ3n) is 3.78. The van der Waals surface area contributed by atoms with Crippen LogP contribution in [0.3, 0.4) is 0 Å². The molecule has 1 heterocycles. The molecule has 1 aliphatic heterocycles. The number of amides is 2. The summed E-state index contributed by atoms with van der Waals surface area (Å²) in [6.07, 6.45) is 8.63. The zero-order chi connectivity index (χ0) is 11.4. The SMILES string of the molecule is CCCC1CC1NC(=O)N1CCCCCC1. The summed E-state index contributed by atoms with van der Waals surface area (Å²) >= 11 is 0. The molecule has 2 amide bonds. The molecular formula is C13H24N2O. The second-order valence-electron chi connectivity index (χ2n) is 5.24. The Morgan fingerprint density at radius 1 is 1.25 bits per heavy atom. The van der Waals surface area contributed by atoms with E-state index in [0.29, 0.717) is 6.04 Å². The van der Waals surface area contributed by atoms with E-state index < -0.39 is 0 Å². The van der Waals surface area contributed by atoms with E-state index in [1.165, 1.54) is 44.9 Å². The summed E-state index contributed by atoms with van der Waals surface area (Å²) in [6.45, 7) is 4.12. The molecule has 0 radical (unpaired) electrons. The van der Waals surface area contributed by atoms with E-state index in [9.17, 15) is 4.79 Å². The van der Waals surface area contributed by atoms with Gasteiger partial charge in [0.05, 0.1) is 0 Å². The normalized spacial score (nSPS) is 29.7. The summed E-state index contributed by atoms with van der Waals surface area (Å²) < 4.78 is 0. The third-order valence-corrected chi connectivity index (χ3v) is 3.78. The molecule has 1 N–H and O–H groups in total. The van der Waals surface area contributed by atoms with E-state index in [-0.39, 0.29) is 6.03 Å². The number of nitrogens with zero attached hydrogens (tertiary/aromatic N) is 1. The average molecular weight is 224 g/mol. The van der Waals surface area contributed by atoms with E-state index in [1.807, 2.05) is 4.90 Å². The molecule has 3 nitrogen and oxygen atoms in total. The molecule has 0 aromatic carbocycles. The van der Waals surface area contributed by atoms with Crippen LogP contribution in [-0.2, 0) is 0 Å². The fourth-order valence-electron chi connectivity index (χ4n) is 2.64. The molecule has 0 aromatic rings. The number of likely N-dealkylation sites (tertiary alicyclic amines) is 1. The van der Waals surface area contributed by atoms with Gasteiger partial charge in [-0.1, -0.05) is 26.2 Å². The molecule has 1 saturated carbocycles. The number of rotatable bonds is 3. The minimum absolute atomic E-state index is 0.186. The average Bonchev–Trinajstić information content (AvgIpc) is 3.02. The number of urea groups is 1. The lowest BCUT2D eigenvalue weighted by Gasteiger charge is -2.20. The monoisotopic (exact) mass is 224 g/mol. The van der Waals surface area contributed by atoms with Crippen LogP contribution in [0.25, 0.3) is 0 Å². The highest BCUT2D eigenvalue weighted by atomic mass is 16.2. The van der Waals surface area contributed by atoms with E-state index in [1.54, 1.807) is 0 Å². The molecule has 2 aliphatic rings. The first-order chi connectivity index (χ1) is 7.81. The van der Waals surface area contributed by atoms with Gasteiger partial charge in [-0.05, 0) is 31.6 Å². The standard InChI is InChI=1S/C13H24N2O/c1-2-7-11-10-12(11)14-13(16)15-8-5-3-4-6-9-15/h11-12H,2-10H2,1H3,(H,14,16). The van der Waals surface area contributed by atoms with Crippen LogP contribution in [0, 0.1) is 5.92 Å². The molecule has 92 valence electrons. The van der Waals surface area contributed by atoms with Crippen molar-refractivity contribution in [3.8, 4) is 0 Å². The highest BCUT2D eigenvalue weighted by Crippen LogP contribution is 2.34. The van der Waals surface area contributed by atoms with Gasteiger partial charge < -0.3 is 10.2 Å². The minimum atomic E-state index is 0.186. The van der Waals surface area contributed by atoms with Gasteiger partial charge in [0.25, 0.3) is 0 Å². The Labute approximate surface area is 98.6 Å². The zero-order valence-electron chi connectivity index (χ0n) is 10.4. The maximum Gasteiger partial charge on any atom is 0.317 e. The van der Waals surface area contributed by atoms with Crippen molar-refractivity contribution in [3.63, 3.8) is 0 Å². The summed E-state index contributed by atoms with van der Waals surface area (Å²) in [6, 6.07) is 0.668. The van der Waals surface area contributed by atoms with E-state index in [2.05, 4.69) is 12.2 Å². The predicted octanol–water partition coefficient (Wildman–Crippen LogP) is 2.76. The molecule has 0 spiro atoms. The van der Waals surface area contributed by atoms with Gasteiger partial charge in [0, 0.05) is 19.1 Å². The summed E-state index contributed by atoms with van der Waals surface area (Å²) in [5.74, 6) is 0.765. The third kappa shape index (κ3) is 3.13. The summed E-state index contributed by atoms with van der Waals surface area (Å²) in [5, 5.41) is 3.17. The van der Waals surface area contributed by atoms with Crippen molar-refractivity contribution < 1.29 is 4.79 Å². The fraction of sp³-hybridized carbons (Fsp3) is 0.923. The number of carbonyl (C=O) groups excluding carboxylic acids is 1. The molecule has 2 fully saturated rings. The van der Waals surface area contributed by atoms with Gasteiger partial charge in [0.1, 0.15) is 0 Å². The molecule has 2 atom stereocenters. The van der Waals surface area contributed by atoms with Crippen molar-refractivity contribution in [2.75, 3.05) is 13.1 Å². The lowest BCUT2D eigenvalue weighted by Crippen LogP contribution is -2.41.